The van der Waals surface area contributed by atoms with Crippen LogP contribution >= 0.6 is 11.3 Å². The molecule has 2 N–H and O–H groups in total. The van der Waals surface area contributed by atoms with Gasteiger partial charge in [0.15, 0.2) is 5.13 Å². The quantitative estimate of drug-likeness (QED) is 0.501. The van der Waals surface area contributed by atoms with Gasteiger partial charge in [0.25, 0.3) is 0 Å². The summed E-state index contributed by atoms with van der Waals surface area (Å²) in [5, 5.41) is 15.1. The number of hydrogen-bond acceptors (Lipinski definition) is 6. The molecule has 0 saturated carbocycles. The van der Waals surface area contributed by atoms with Crippen LogP contribution in [-0.2, 0) is 4.74 Å². The Labute approximate surface area is 126 Å². The Balaban J connectivity index is 2.21. The third-order valence-electron chi connectivity index (χ3n) is 2.56. The number of thiazole rings is 1. The molecule has 2 rings (SSSR count). The van der Waals surface area contributed by atoms with Crippen molar-refractivity contribution in [1.29, 1.82) is 0 Å². The summed E-state index contributed by atoms with van der Waals surface area (Å²) in [6, 6.07) is 5.49. The van der Waals surface area contributed by atoms with E-state index in [1.807, 2.05) is 18.2 Å². The molecule has 0 spiro atoms. The Morgan fingerprint density at radius 2 is 2.14 bits per heavy atom. The summed E-state index contributed by atoms with van der Waals surface area (Å²) in [5.74, 6) is 0. The van der Waals surface area contributed by atoms with Crippen molar-refractivity contribution in [3.05, 3.63) is 23.8 Å². The fourth-order valence-corrected chi connectivity index (χ4v) is 2.54. The minimum Gasteiger partial charge on any atom is -0.444 e. The predicted octanol–water partition coefficient (Wildman–Crippen LogP) is 3.84. The van der Waals surface area contributed by atoms with Gasteiger partial charge in [-0.05, 0) is 39.8 Å². The summed E-state index contributed by atoms with van der Waals surface area (Å²) in [7, 11) is 0. The van der Waals surface area contributed by atoms with Crippen LogP contribution in [-0.4, -0.2) is 27.6 Å². The highest BCUT2D eigenvalue weighted by Crippen LogP contribution is 2.27. The lowest BCUT2D eigenvalue weighted by atomic mass is 10.1. The van der Waals surface area contributed by atoms with E-state index in [0.717, 1.165) is 15.8 Å². The molecule has 1 aromatic carbocycles. The van der Waals surface area contributed by atoms with Crippen molar-refractivity contribution in [2.75, 3.05) is 5.32 Å². The number of anilines is 1. The van der Waals surface area contributed by atoms with E-state index >= 15 is 0 Å². The summed E-state index contributed by atoms with van der Waals surface area (Å²) >= 11 is 1.33. The number of carbonyl (C=O) groups excluding carboxylic acids is 1. The molecule has 0 fully saturated rings. The van der Waals surface area contributed by atoms with Crippen molar-refractivity contribution in [3.63, 3.8) is 0 Å². The number of nitrogens with one attached hydrogen (secondary N) is 1. The molecule has 0 saturated heterocycles. The lowest BCUT2D eigenvalue weighted by molar-refractivity contribution is 0.0636. The van der Waals surface area contributed by atoms with Gasteiger partial charge in [-0.1, -0.05) is 22.6 Å². The average Bonchev–Trinajstić information content (AvgIpc) is 2.76. The van der Waals surface area contributed by atoms with Crippen LogP contribution in [0, 0.1) is 0 Å². The van der Waals surface area contributed by atoms with Crippen LogP contribution in [0.1, 0.15) is 33.3 Å². The highest BCUT2D eigenvalue weighted by atomic mass is 32.1. The zero-order valence-electron chi connectivity index (χ0n) is 12.3. The maximum absolute atomic E-state index is 11.7. The Morgan fingerprint density at radius 3 is 2.76 bits per heavy atom. The van der Waals surface area contributed by atoms with Crippen molar-refractivity contribution in [1.82, 2.24) is 4.98 Å². The van der Waals surface area contributed by atoms with Gasteiger partial charge in [-0.15, -0.1) is 0 Å². The van der Waals surface area contributed by atoms with Gasteiger partial charge >= 0.3 is 6.09 Å². The summed E-state index contributed by atoms with van der Waals surface area (Å²) < 4.78 is 6.07. The number of ether oxygens (including phenoxy) is 1. The van der Waals surface area contributed by atoms with Gasteiger partial charge in [0.2, 0.25) is 0 Å². The van der Waals surface area contributed by atoms with Crippen LogP contribution in [0.25, 0.3) is 10.2 Å². The molecule has 1 heterocycles. The van der Waals surface area contributed by atoms with Crippen LogP contribution in [0.15, 0.2) is 23.4 Å². The highest BCUT2D eigenvalue weighted by Gasteiger charge is 2.17. The van der Waals surface area contributed by atoms with E-state index < -0.39 is 11.7 Å². The molecule has 0 unspecified atom stereocenters. The molecule has 2 aromatic rings. The monoisotopic (exact) mass is 307 g/mol. The number of benzene rings is 1. The zero-order valence-corrected chi connectivity index (χ0v) is 13.1. The molecule has 6 nitrogen and oxygen atoms in total. The number of hydrogen-bond donors (Lipinski definition) is 2. The number of rotatable bonds is 2. The number of carbonyl (C=O) groups is 1. The van der Waals surface area contributed by atoms with Crippen LogP contribution in [0.5, 0.6) is 0 Å². The summed E-state index contributed by atoms with van der Waals surface area (Å²) in [5.41, 5.74) is 1.53. The largest absolute Gasteiger partial charge is 0.444 e. The molecule has 112 valence electrons. The molecule has 7 heteroatoms. The highest BCUT2D eigenvalue weighted by molar-refractivity contribution is 7.22. The lowest BCUT2D eigenvalue weighted by Gasteiger charge is -2.18. The number of oxime groups is 1. The average molecular weight is 307 g/mol. The molecule has 21 heavy (non-hydrogen) atoms. The second-order valence-corrected chi connectivity index (χ2v) is 6.54. The Kier molecular flexibility index (Phi) is 4.13. The van der Waals surface area contributed by atoms with Crippen molar-refractivity contribution in [2.45, 2.75) is 33.3 Å². The van der Waals surface area contributed by atoms with Crippen LogP contribution in [0.2, 0.25) is 0 Å². The van der Waals surface area contributed by atoms with Crippen LogP contribution < -0.4 is 5.32 Å². The molecule has 0 aliphatic carbocycles. The predicted molar refractivity (Wildman–Crippen MR) is 83.5 cm³/mol. The molecule has 0 atom stereocenters. The first-order valence-electron chi connectivity index (χ1n) is 6.38. The van der Waals surface area contributed by atoms with Gasteiger partial charge < -0.3 is 9.94 Å². The fraction of sp³-hybridized carbons (Fsp3) is 0.357. The molecule has 0 bridgehead atoms. The molecular weight excluding hydrogens is 290 g/mol. The summed E-state index contributed by atoms with van der Waals surface area (Å²) in [6.45, 7) is 7.11. The van der Waals surface area contributed by atoms with Crippen LogP contribution in [0.4, 0.5) is 9.93 Å². The second-order valence-electron chi connectivity index (χ2n) is 5.51. The minimum atomic E-state index is -0.553. The third kappa shape index (κ3) is 3.91. The Hall–Kier alpha value is -2.15. The number of aromatic nitrogens is 1. The SMILES string of the molecule is C/C(=N\O)c1ccc2nc(NC(=O)OC(C)(C)C)sc2c1. The summed E-state index contributed by atoms with van der Waals surface area (Å²) in [4.78, 5) is 16.0. The van der Waals surface area contributed by atoms with Gasteiger partial charge in [-0.2, -0.15) is 0 Å². The second kappa shape index (κ2) is 5.69. The van der Waals surface area contributed by atoms with Crippen LogP contribution in [0.3, 0.4) is 0 Å². The van der Waals surface area contributed by atoms with E-state index in [9.17, 15) is 4.79 Å². The molecule has 1 amide bonds. The molecule has 0 aliphatic rings. The van der Waals surface area contributed by atoms with E-state index in [4.69, 9.17) is 9.94 Å². The topological polar surface area (TPSA) is 83.8 Å². The maximum atomic E-state index is 11.7. The van der Waals surface area contributed by atoms with Gasteiger partial charge in [0, 0.05) is 5.56 Å². The van der Waals surface area contributed by atoms with E-state index in [0.29, 0.717) is 10.8 Å². The fourth-order valence-electron chi connectivity index (χ4n) is 1.65. The first-order valence-corrected chi connectivity index (χ1v) is 7.20. The van der Waals surface area contributed by atoms with Crippen molar-refractivity contribution in [2.24, 2.45) is 5.16 Å². The van der Waals surface area contributed by atoms with Gasteiger partial charge in [-0.3, -0.25) is 5.32 Å². The summed E-state index contributed by atoms with van der Waals surface area (Å²) in [6.07, 6.45) is -0.533. The number of amides is 1. The Bertz CT molecular complexity index is 701. The van der Waals surface area contributed by atoms with Gasteiger partial charge in [0.1, 0.15) is 5.60 Å². The zero-order chi connectivity index (χ0) is 15.6. The smallest absolute Gasteiger partial charge is 0.413 e. The normalized spacial score (nSPS) is 12.5. The third-order valence-corrected chi connectivity index (χ3v) is 3.50. The number of nitrogens with zero attached hydrogens (tertiary/aromatic N) is 2. The first-order chi connectivity index (χ1) is 9.78. The molecule has 1 aromatic heterocycles. The van der Waals surface area contributed by atoms with E-state index in [-0.39, 0.29) is 0 Å². The van der Waals surface area contributed by atoms with Crippen molar-refractivity contribution < 1.29 is 14.7 Å². The number of fused-ring (bicyclic) bond motifs is 1. The molecular formula is C14H17N3O3S. The van der Waals surface area contributed by atoms with E-state index in [1.54, 1.807) is 27.7 Å². The lowest BCUT2D eigenvalue weighted by Crippen LogP contribution is -2.27. The standard InChI is InChI=1S/C14H17N3O3S/c1-8(17-19)9-5-6-10-11(7-9)21-12(15-10)16-13(18)20-14(2,3)4/h5-7,19H,1-4H3,(H,15,16,18)/b17-8+. The maximum Gasteiger partial charge on any atom is 0.413 e. The van der Waals surface area contributed by atoms with Crippen molar-refractivity contribution >= 4 is 38.5 Å². The Morgan fingerprint density at radius 1 is 1.43 bits per heavy atom. The van der Waals surface area contributed by atoms with Gasteiger partial charge in [0.05, 0.1) is 15.9 Å². The van der Waals surface area contributed by atoms with Gasteiger partial charge in [-0.25, -0.2) is 9.78 Å². The van der Waals surface area contributed by atoms with E-state index in [1.165, 1.54) is 11.3 Å². The van der Waals surface area contributed by atoms with Crippen molar-refractivity contribution in [3.8, 4) is 0 Å². The van der Waals surface area contributed by atoms with E-state index in [2.05, 4.69) is 15.5 Å². The molecule has 0 aliphatic heterocycles. The first kappa shape index (κ1) is 15.2. The minimum absolute atomic E-state index is 0.468. The molecule has 0 radical (unpaired) electrons.